The summed E-state index contributed by atoms with van der Waals surface area (Å²) in [7, 11) is 1.97. The van der Waals surface area contributed by atoms with Crippen molar-refractivity contribution in [1.82, 2.24) is 24.7 Å². The first-order chi connectivity index (χ1) is 17.1. The van der Waals surface area contributed by atoms with Crippen LogP contribution < -0.4 is 10.2 Å². The number of hydrogen-bond acceptors (Lipinski definition) is 6. The lowest BCUT2D eigenvalue weighted by Gasteiger charge is -2.27. The van der Waals surface area contributed by atoms with Crippen LogP contribution in [0.5, 0.6) is 0 Å². The molecule has 0 aliphatic carbocycles. The molecule has 0 unspecified atom stereocenters. The summed E-state index contributed by atoms with van der Waals surface area (Å²) >= 11 is 0. The van der Waals surface area contributed by atoms with E-state index in [0.29, 0.717) is 19.2 Å². The maximum atomic E-state index is 5.54. The summed E-state index contributed by atoms with van der Waals surface area (Å²) in [6, 6.07) is 20.8. The number of anilines is 3. The smallest absolute Gasteiger partial charge is 0.228 e. The summed E-state index contributed by atoms with van der Waals surface area (Å²) in [5.41, 5.74) is 7.21. The molecule has 5 aromatic rings. The maximum Gasteiger partial charge on any atom is 0.228 e. The summed E-state index contributed by atoms with van der Waals surface area (Å²) < 4.78 is 7.46. The molecule has 1 aliphatic rings. The number of H-pyrrole nitrogens is 1. The fraction of sp³-hybridized carbons (Fsp3) is 0.222. The molecule has 0 atom stereocenters. The van der Waals surface area contributed by atoms with Crippen molar-refractivity contribution in [2.24, 2.45) is 7.05 Å². The van der Waals surface area contributed by atoms with E-state index in [1.54, 1.807) is 0 Å². The van der Waals surface area contributed by atoms with E-state index in [4.69, 9.17) is 14.7 Å². The van der Waals surface area contributed by atoms with Crippen LogP contribution >= 0.6 is 0 Å². The molecule has 8 nitrogen and oxygen atoms in total. The molecule has 3 aromatic heterocycles. The number of ether oxygens (including phenoxy) is 1. The van der Waals surface area contributed by atoms with Crippen LogP contribution in [0.3, 0.4) is 0 Å². The largest absolute Gasteiger partial charge is 0.378 e. The third-order valence-corrected chi connectivity index (χ3v) is 6.41. The maximum absolute atomic E-state index is 5.54. The van der Waals surface area contributed by atoms with Crippen LogP contribution in [0.1, 0.15) is 5.69 Å². The summed E-state index contributed by atoms with van der Waals surface area (Å²) in [4.78, 5) is 15.2. The minimum Gasteiger partial charge on any atom is -0.378 e. The van der Waals surface area contributed by atoms with Gasteiger partial charge in [0.1, 0.15) is 5.82 Å². The van der Waals surface area contributed by atoms with Crippen LogP contribution in [-0.4, -0.2) is 51.0 Å². The van der Waals surface area contributed by atoms with Gasteiger partial charge in [0, 0.05) is 54.7 Å². The van der Waals surface area contributed by atoms with Gasteiger partial charge >= 0.3 is 0 Å². The SMILES string of the molecule is Cc1nn(C)c2cc(-c3cc(Nc4ccc(-c5ccc[nH]5)cc4)nc(N4CCOCC4)n3)ccc12. The number of aromatic amines is 1. The van der Waals surface area contributed by atoms with E-state index >= 15 is 0 Å². The van der Waals surface area contributed by atoms with Gasteiger partial charge in [-0.1, -0.05) is 24.3 Å². The Hall–Kier alpha value is -4.17. The first-order valence-electron chi connectivity index (χ1n) is 11.8. The van der Waals surface area contributed by atoms with Crippen LogP contribution in [0.4, 0.5) is 17.5 Å². The van der Waals surface area contributed by atoms with Gasteiger partial charge in [-0.3, -0.25) is 4.68 Å². The Morgan fingerprint density at radius 2 is 1.74 bits per heavy atom. The first-order valence-corrected chi connectivity index (χ1v) is 11.8. The van der Waals surface area contributed by atoms with Crippen molar-refractivity contribution in [3.8, 4) is 22.5 Å². The second kappa shape index (κ2) is 8.88. The van der Waals surface area contributed by atoms with Crippen molar-refractivity contribution in [2.75, 3.05) is 36.5 Å². The lowest BCUT2D eigenvalue weighted by molar-refractivity contribution is 0.122. The molecule has 0 radical (unpaired) electrons. The van der Waals surface area contributed by atoms with Crippen LogP contribution in [0.2, 0.25) is 0 Å². The van der Waals surface area contributed by atoms with E-state index in [1.807, 2.05) is 37.0 Å². The Kier molecular flexibility index (Phi) is 5.42. The Balaban J connectivity index is 1.37. The van der Waals surface area contributed by atoms with Crippen molar-refractivity contribution in [2.45, 2.75) is 6.92 Å². The average Bonchev–Trinajstić information content (AvgIpc) is 3.53. The molecule has 176 valence electrons. The number of nitrogens with zero attached hydrogens (tertiary/aromatic N) is 5. The highest BCUT2D eigenvalue weighted by Crippen LogP contribution is 2.29. The zero-order valence-corrected chi connectivity index (χ0v) is 19.8. The van der Waals surface area contributed by atoms with Gasteiger partial charge < -0.3 is 19.9 Å². The van der Waals surface area contributed by atoms with Crippen LogP contribution in [0, 0.1) is 6.92 Å². The summed E-state index contributed by atoms with van der Waals surface area (Å²) in [5.74, 6) is 1.46. The molecule has 0 amide bonds. The average molecular weight is 466 g/mol. The molecule has 2 aromatic carbocycles. The fourth-order valence-electron chi connectivity index (χ4n) is 4.54. The molecule has 1 saturated heterocycles. The number of aromatic nitrogens is 5. The molecule has 8 heteroatoms. The predicted octanol–water partition coefficient (Wildman–Crippen LogP) is 4.91. The molecule has 35 heavy (non-hydrogen) atoms. The molecule has 0 bridgehead atoms. The van der Waals surface area contributed by atoms with E-state index < -0.39 is 0 Å². The molecule has 1 fully saturated rings. The Bertz CT molecular complexity index is 1470. The second-order valence-corrected chi connectivity index (χ2v) is 8.76. The summed E-state index contributed by atoms with van der Waals surface area (Å²) in [5, 5.41) is 9.20. The van der Waals surface area contributed by atoms with Gasteiger partial charge in [0.15, 0.2) is 0 Å². The molecule has 1 aliphatic heterocycles. The number of benzene rings is 2. The minimum absolute atomic E-state index is 0.677. The van der Waals surface area contributed by atoms with E-state index in [1.165, 1.54) is 0 Å². The fourth-order valence-corrected chi connectivity index (χ4v) is 4.54. The van der Waals surface area contributed by atoms with Gasteiger partial charge in [-0.05, 0) is 42.8 Å². The van der Waals surface area contributed by atoms with Crippen molar-refractivity contribution < 1.29 is 4.74 Å². The van der Waals surface area contributed by atoms with Crippen LogP contribution in [-0.2, 0) is 11.8 Å². The summed E-state index contributed by atoms with van der Waals surface area (Å²) in [6.45, 7) is 4.93. The highest BCUT2D eigenvalue weighted by Gasteiger charge is 2.17. The van der Waals surface area contributed by atoms with Gasteiger partial charge in [0.25, 0.3) is 0 Å². The van der Waals surface area contributed by atoms with Gasteiger partial charge in [0.05, 0.1) is 30.1 Å². The number of aryl methyl sites for hydroxylation is 2. The number of hydrogen-bond donors (Lipinski definition) is 2. The van der Waals surface area contributed by atoms with E-state index in [0.717, 1.165) is 63.7 Å². The standard InChI is InChI=1S/C27H27N7O/c1-18-22-10-7-20(16-25(22)33(2)32-18)24-17-26(31-27(30-24)34-12-14-35-15-13-34)29-21-8-5-19(6-9-21)23-4-3-11-28-23/h3-11,16-17,28H,12-15H2,1-2H3,(H,29,30,31). The number of fused-ring (bicyclic) bond motifs is 1. The third kappa shape index (κ3) is 4.24. The highest BCUT2D eigenvalue weighted by molar-refractivity contribution is 5.86. The molecule has 0 spiro atoms. The Labute approximate surface area is 203 Å². The van der Waals surface area contributed by atoms with Crippen molar-refractivity contribution in [3.63, 3.8) is 0 Å². The van der Waals surface area contributed by atoms with Crippen molar-refractivity contribution >= 4 is 28.4 Å². The molecule has 4 heterocycles. The van der Waals surface area contributed by atoms with Gasteiger partial charge in [-0.25, -0.2) is 4.98 Å². The molecule has 0 saturated carbocycles. The first kappa shape index (κ1) is 21.4. The lowest BCUT2D eigenvalue weighted by atomic mass is 10.1. The third-order valence-electron chi connectivity index (χ3n) is 6.41. The lowest BCUT2D eigenvalue weighted by Crippen LogP contribution is -2.37. The summed E-state index contributed by atoms with van der Waals surface area (Å²) in [6.07, 6.45) is 1.93. The zero-order valence-electron chi connectivity index (χ0n) is 19.8. The quantitative estimate of drug-likeness (QED) is 0.384. The zero-order chi connectivity index (χ0) is 23.8. The second-order valence-electron chi connectivity index (χ2n) is 8.76. The number of morpholine rings is 1. The normalized spacial score (nSPS) is 13.9. The molecule has 2 N–H and O–H groups in total. The van der Waals surface area contributed by atoms with E-state index in [2.05, 4.69) is 68.8 Å². The minimum atomic E-state index is 0.677. The van der Waals surface area contributed by atoms with E-state index in [-0.39, 0.29) is 0 Å². The molecular formula is C27H27N7O. The van der Waals surface area contributed by atoms with Crippen LogP contribution in [0.25, 0.3) is 33.4 Å². The highest BCUT2D eigenvalue weighted by atomic mass is 16.5. The predicted molar refractivity (Wildman–Crippen MR) is 139 cm³/mol. The Morgan fingerprint density at radius 1 is 0.943 bits per heavy atom. The molecule has 6 rings (SSSR count). The van der Waals surface area contributed by atoms with Gasteiger partial charge in [0.2, 0.25) is 5.95 Å². The monoisotopic (exact) mass is 465 g/mol. The van der Waals surface area contributed by atoms with Crippen LogP contribution in [0.15, 0.2) is 66.9 Å². The van der Waals surface area contributed by atoms with E-state index in [9.17, 15) is 0 Å². The Morgan fingerprint density at radius 3 is 2.51 bits per heavy atom. The van der Waals surface area contributed by atoms with Gasteiger partial charge in [-0.15, -0.1) is 0 Å². The van der Waals surface area contributed by atoms with Crippen molar-refractivity contribution in [1.29, 1.82) is 0 Å². The topological polar surface area (TPSA) is 83.9 Å². The molecular weight excluding hydrogens is 438 g/mol. The van der Waals surface area contributed by atoms with Gasteiger partial charge in [-0.2, -0.15) is 10.1 Å². The number of nitrogens with one attached hydrogen (secondary N) is 2. The van der Waals surface area contributed by atoms with Crippen molar-refractivity contribution in [3.05, 3.63) is 72.6 Å². The number of rotatable bonds is 5.